The van der Waals surface area contributed by atoms with E-state index < -0.39 is 4.92 Å². The summed E-state index contributed by atoms with van der Waals surface area (Å²) in [5.41, 5.74) is 0.337. The van der Waals surface area contributed by atoms with Crippen molar-refractivity contribution in [1.29, 1.82) is 0 Å². The van der Waals surface area contributed by atoms with Crippen molar-refractivity contribution in [2.24, 2.45) is 0 Å². The Kier molecular flexibility index (Phi) is 3.35. The molecule has 0 radical (unpaired) electrons. The Hall–Kier alpha value is -2.77. The number of nitro groups is 1. The number of nitrogens with zero attached hydrogens (tertiary/aromatic N) is 4. The van der Waals surface area contributed by atoms with Gasteiger partial charge in [0.1, 0.15) is 5.82 Å². The zero-order valence-corrected chi connectivity index (χ0v) is 11.2. The zero-order valence-electron chi connectivity index (χ0n) is 11.2. The van der Waals surface area contributed by atoms with Crippen LogP contribution >= 0.6 is 0 Å². The Bertz CT molecular complexity index is 692. The van der Waals surface area contributed by atoms with Crippen LogP contribution in [0.1, 0.15) is 28.4 Å². The Morgan fingerprint density at radius 1 is 1.33 bits per heavy atom. The molecule has 0 fully saturated rings. The first-order valence-electron chi connectivity index (χ1n) is 6.59. The third-order valence-electron chi connectivity index (χ3n) is 3.43. The highest BCUT2D eigenvalue weighted by Gasteiger charge is 2.17. The molecule has 108 valence electrons. The zero-order chi connectivity index (χ0) is 14.8. The van der Waals surface area contributed by atoms with Crippen LogP contribution in [-0.2, 0) is 19.5 Å². The number of aromatic nitrogens is 3. The number of nitro benzene ring substituents is 1. The fraction of sp³-hybridized carbons (Fsp3) is 0.308. The Balaban J connectivity index is 1.64. The Labute approximate surface area is 119 Å². The average molecular weight is 287 g/mol. The van der Waals surface area contributed by atoms with Gasteiger partial charge in [0.15, 0.2) is 5.82 Å². The number of carbonyl (C=O) groups is 1. The minimum Gasteiger partial charge on any atom is -0.345 e. The van der Waals surface area contributed by atoms with Gasteiger partial charge < -0.3 is 9.88 Å². The van der Waals surface area contributed by atoms with Crippen LogP contribution in [0.3, 0.4) is 0 Å². The summed E-state index contributed by atoms with van der Waals surface area (Å²) >= 11 is 0. The summed E-state index contributed by atoms with van der Waals surface area (Å²) in [7, 11) is 0. The molecule has 0 atom stereocenters. The molecule has 1 N–H and O–H groups in total. The minimum absolute atomic E-state index is 0.0400. The summed E-state index contributed by atoms with van der Waals surface area (Å²) in [4.78, 5) is 22.0. The SMILES string of the molecule is O=C(NCc1nnc2n1CCC2)c1ccc([N+](=O)[O-])cc1. The summed E-state index contributed by atoms with van der Waals surface area (Å²) < 4.78 is 2.01. The molecular formula is C13H13N5O3. The quantitative estimate of drug-likeness (QED) is 0.669. The van der Waals surface area contributed by atoms with Crippen molar-refractivity contribution >= 4 is 11.6 Å². The highest BCUT2D eigenvalue weighted by molar-refractivity contribution is 5.94. The number of carbonyl (C=O) groups excluding carboxylic acids is 1. The van der Waals surface area contributed by atoms with E-state index in [1.165, 1.54) is 24.3 Å². The van der Waals surface area contributed by atoms with Crippen molar-refractivity contribution in [1.82, 2.24) is 20.1 Å². The number of hydrogen-bond acceptors (Lipinski definition) is 5. The van der Waals surface area contributed by atoms with Crippen molar-refractivity contribution in [3.63, 3.8) is 0 Å². The molecule has 1 amide bonds. The maximum absolute atomic E-state index is 12.0. The van der Waals surface area contributed by atoms with E-state index in [1.807, 2.05) is 4.57 Å². The largest absolute Gasteiger partial charge is 0.345 e. The Morgan fingerprint density at radius 3 is 2.81 bits per heavy atom. The first-order valence-corrected chi connectivity index (χ1v) is 6.59. The highest BCUT2D eigenvalue weighted by atomic mass is 16.6. The van der Waals surface area contributed by atoms with E-state index in [-0.39, 0.29) is 11.6 Å². The van der Waals surface area contributed by atoms with Crippen molar-refractivity contribution in [2.75, 3.05) is 0 Å². The number of aryl methyl sites for hydroxylation is 1. The molecule has 2 heterocycles. The molecule has 8 heteroatoms. The average Bonchev–Trinajstić information content (AvgIpc) is 3.08. The lowest BCUT2D eigenvalue weighted by molar-refractivity contribution is -0.384. The Morgan fingerprint density at radius 2 is 2.10 bits per heavy atom. The number of fused-ring (bicyclic) bond motifs is 1. The predicted molar refractivity (Wildman–Crippen MR) is 72.6 cm³/mol. The summed E-state index contributed by atoms with van der Waals surface area (Å²) in [6.07, 6.45) is 1.97. The third-order valence-corrected chi connectivity index (χ3v) is 3.43. The van der Waals surface area contributed by atoms with Gasteiger partial charge in [0, 0.05) is 30.7 Å². The van der Waals surface area contributed by atoms with Gasteiger partial charge in [-0.15, -0.1) is 10.2 Å². The third kappa shape index (κ3) is 2.60. The molecule has 8 nitrogen and oxygen atoms in total. The molecular weight excluding hydrogens is 274 g/mol. The van der Waals surface area contributed by atoms with Gasteiger partial charge in [-0.3, -0.25) is 14.9 Å². The van der Waals surface area contributed by atoms with E-state index in [9.17, 15) is 14.9 Å². The van der Waals surface area contributed by atoms with E-state index in [4.69, 9.17) is 0 Å². The van der Waals surface area contributed by atoms with E-state index in [2.05, 4.69) is 15.5 Å². The lowest BCUT2D eigenvalue weighted by Crippen LogP contribution is -2.24. The van der Waals surface area contributed by atoms with Crippen LogP contribution in [0.25, 0.3) is 0 Å². The topological polar surface area (TPSA) is 103 Å². The molecule has 1 aromatic heterocycles. The maximum atomic E-state index is 12.0. The van der Waals surface area contributed by atoms with Gasteiger partial charge in [-0.25, -0.2) is 0 Å². The molecule has 0 unspecified atom stereocenters. The van der Waals surface area contributed by atoms with E-state index in [0.29, 0.717) is 12.1 Å². The minimum atomic E-state index is -0.499. The predicted octanol–water partition coefficient (Wildman–Crippen LogP) is 1.06. The summed E-state index contributed by atoms with van der Waals surface area (Å²) in [6, 6.07) is 5.48. The molecule has 1 aliphatic rings. The van der Waals surface area contributed by atoms with Gasteiger partial charge in [0.2, 0.25) is 0 Å². The van der Waals surface area contributed by atoms with Crippen LogP contribution in [0.2, 0.25) is 0 Å². The number of amides is 1. The first kappa shape index (κ1) is 13.2. The normalized spacial score (nSPS) is 13.0. The van der Waals surface area contributed by atoms with Crippen LogP contribution in [0.5, 0.6) is 0 Å². The number of rotatable bonds is 4. The fourth-order valence-corrected chi connectivity index (χ4v) is 2.34. The van der Waals surface area contributed by atoms with E-state index >= 15 is 0 Å². The monoisotopic (exact) mass is 287 g/mol. The molecule has 0 spiro atoms. The molecule has 0 aliphatic carbocycles. The molecule has 0 saturated carbocycles. The van der Waals surface area contributed by atoms with Crippen LogP contribution in [-0.4, -0.2) is 25.6 Å². The van der Waals surface area contributed by atoms with Gasteiger partial charge in [0.25, 0.3) is 11.6 Å². The van der Waals surface area contributed by atoms with Gasteiger partial charge in [-0.2, -0.15) is 0 Å². The molecule has 2 aromatic rings. The highest BCUT2D eigenvalue weighted by Crippen LogP contribution is 2.14. The number of benzene rings is 1. The van der Waals surface area contributed by atoms with Crippen LogP contribution in [0.15, 0.2) is 24.3 Å². The van der Waals surface area contributed by atoms with Gasteiger partial charge >= 0.3 is 0 Å². The maximum Gasteiger partial charge on any atom is 0.269 e. The molecule has 1 aromatic carbocycles. The fourth-order valence-electron chi connectivity index (χ4n) is 2.34. The lowest BCUT2D eigenvalue weighted by Gasteiger charge is -2.05. The molecule has 0 bridgehead atoms. The second kappa shape index (κ2) is 5.31. The van der Waals surface area contributed by atoms with Crippen molar-refractivity contribution < 1.29 is 9.72 Å². The second-order valence-corrected chi connectivity index (χ2v) is 4.77. The number of nitrogens with one attached hydrogen (secondary N) is 1. The van der Waals surface area contributed by atoms with Crippen molar-refractivity contribution in [3.8, 4) is 0 Å². The number of hydrogen-bond donors (Lipinski definition) is 1. The van der Waals surface area contributed by atoms with E-state index in [0.717, 1.165) is 31.0 Å². The van der Waals surface area contributed by atoms with Gasteiger partial charge in [-0.05, 0) is 18.6 Å². The molecule has 3 rings (SSSR count). The summed E-state index contributed by atoms with van der Waals surface area (Å²) in [5, 5.41) is 21.4. The second-order valence-electron chi connectivity index (χ2n) is 4.77. The smallest absolute Gasteiger partial charge is 0.269 e. The van der Waals surface area contributed by atoms with Crippen LogP contribution < -0.4 is 5.32 Å². The molecule has 1 aliphatic heterocycles. The summed E-state index contributed by atoms with van der Waals surface area (Å²) in [6.45, 7) is 1.17. The number of non-ortho nitro benzene ring substituents is 1. The molecule has 21 heavy (non-hydrogen) atoms. The van der Waals surface area contributed by atoms with Gasteiger partial charge in [-0.1, -0.05) is 0 Å². The summed E-state index contributed by atoms with van der Waals surface area (Å²) in [5.74, 6) is 1.40. The van der Waals surface area contributed by atoms with Crippen molar-refractivity contribution in [3.05, 3.63) is 51.6 Å². The van der Waals surface area contributed by atoms with Crippen LogP contribution in [0, 0.1) is 10.1 Å². The van der Waals surface area contributed by atoms with E-state index in [1.54, 1.807) is 0 Å². The lowest BCUT2D eigenvalue weighted by atomic mass is 10.2. The first-order chi connectivity index (χ1) is 10.1. The van der Waals surface area contributed by atoms with Crippen molar-refractivity contribution in [2.45, 2.75) is 25.9 Å². The van der Waals surface area contributed by atoms with Crippen LogP contribution in [0.4, 0.5) is 5.69 Å². The standard InChI is InChI=1S/C13H13N5O3/c19-13(9-3-5-10(6-4-9)18(20)21)14-8-12-16-15-11-2-1-7-17(11)12/h3-6H,1-2,7-8H2,(H,14,19). The van der Waals surface area contributed by atoms with Gasteiger partial charge in [0.05, 0.1) is 11.5 Å². The molecule has 0 saturated heterocycles.